The molecule has 0 radical (unpaired) electrons. The van der Waals surface area contributed by atoms with Crippen LogP contribution in [0, 0.1) is 0 Å². The summed E-state index contributed by atoms with van der Waals surface area (Å²) in [6.45, 7) is 2.45. The van der Waals surface area contributed by atoms with Gasteiger partial charge in [-0.1, -0.05) is 35.3 Å². The van der Waals surface area contributed by atoms with E-state index in [0.29, 0.717) is 17.9 Å². The highest BCUT2D eigenvalue weighted by Gasteiger charge is 2.72. The van der Waals surface area contributed by atoms with Crippen LogP contribution in [0.15, 0.2) is 24.3 Å². The minimum Gasteiger partial charge on any atom is -0.494 e. The molecule has 1 aromatic carbocycles. The minimum absolute atomic E-state index is 0.229. The number of benzene rings is 1. The summed E-state index contributed by atoms with van der Waals surface area (Å²) < 4.78 is 4.08. The zero-order valence-electron chi connectivity index (χ0n) is 9.24. The van der Waals surface area contributed by atoms with Crippen LogP contribution < -0.4 is 4.74 Å². The maximum Gasteiger partial charge on any atom is 0.317 e. The molecule has 0 bridgehead atoms. The quantitative estimate of drug-likeness (QED) is 0.859. The van der Waals surface area contributed by atoms with E-state index < -0.39 is 15.7 Å². The fraction of sp³-hybridized carbons (Fsp3) is 0.417. The second-order valence-corrected chi connectivity index (χ2v) is 5.53. The molecule has 2 rings (SSSR count). The Hall–Kier alpha value is -0.930. The van der Waals surface area contributed by atoms with Crippen molar-refractivity contribution in [2.45, 2.75) is 23.1 Å². The number of ether oxygens (including phenoxy) is 1. The van der Waals surface area contributed by atoms with Crippen molar-refractivity contribution in [3.63, 3.8) is 0 Å². The van der Waals surface area contributed by atoms with E-state index in [4.69, 9.17) is 27.9 Å². The number of alkyl halides is 2. The van der Waals surface area contributed by atoms with E-state index in [0.717, 1.165) is 0 Å². The highest BCUT2D eigenvalue weighted by Crippen LogP contribution is 2.65. The second-order valence-electron chi connectivity index (χ2n) is 4.05. The van der Waals surface area contributed by atoms with Gasteiger partial charge in [0, 0.05) is 6.42 Å². The molecule has 0 amide bonds. The number of carboxylic acid groups (broad SMARTS) is 1. The van der Waals surface area contributed by atoms with Gasteiger partial charge in [0.15, 0.2) is 0 Å². The lowest BCUT2D eigenvalue weighted by Crippen LogP contribution is -2.26. The number of rotatable bonds is 4. The Bertz CT molecular complexity index is 442. The zero-order chi connectivity index (χ0) is 12.7. The second kappa shape index (κ2) is 4.07. The Morgan fingerprint density at radius 3 is 2.29 bits per heavy atom. The van der Waals surface area contributed by atoms with Crippen LogP contribution in [-0.2, 0) is 10.2 Å². The molecule has 3 nitrogen and oxygen atoms in total. The normalized spacial score (nSPS) is 25.4. The molecule has 1 aliphatic rings. The number of halogens is 2. The lowest BCUT2D eigenvalue weighted by Gasteiger charge is -2.14. The molecule has 5 heteroatoms. The van der Waals surface area contributed by atoms with Crippen LogP contribution in [0.25, 0.3) is 0 Å². The summed E-state index contributed by atoms with van der Waals surface area (Å²) in [5, 5.41) is 9.27. The van der Waals surface area contributed by atoms with E-state index in [9.17, 15) is 9.90 Å². The van der Waals surface area contributed by atoms with E-state index in [1.807, 2.05) is 6.92 Å². The maximum atomic E-state index is 11.3. The molecule has 0 spiro atoms. The largest absolute Gasteiger partial charge is 0.494 e. The van der Waals surface area contributed by atoms with Gasteiger partial charge in [-0.15, -0.1) is 0 Å². The summed E-state index contributed by atoms with van der Waals surface area (Å²) in [4.78, 5) is 11.3. The van der Waals surface area contributed by atoms with Crippen LogP contribution in [0.1, 0.15) is 18.9 Å². The molecule has 1 atom stereocenters. The van der Waals surface area contributed by atoms with Gasteiger partial charge < -0.3 is 9.84 Å². The standard InChI is InChI=1S/C12H12Cl2O3/c1-2-17-9-5-3-8(4-6-9)11(10(15)16)7-12(11,13)14/h3-6H,2,7H2,1H3,(H,15,16). The average molecular weight is 275 g/mol. The van der Waals surface area contributed by atoms with Crippen LogP contribution in [0.2, 0.25) is 0 Å². The third-order valence-electron chi connectivity index (χ3n) is 3.01. The molecule has 1 aliphatic carbocycles. The Labute approximate surface area is 109 Å². The van der Waals surface area contributed by atoms with Gasteiger partial charge in [-0.2, -0.15) is 0 Å². The topological polar surface area (TPSA) is 46.5 Å². The Morgan fingerprint density at radius 1 is 1.41 bits per heavy atom. The van der Waals surface area contributed by atoms with Crippen molar-refractivity contribution >= 4 is 29.2 Å². The average Bonchev–Trinajstić information content (AvgIpc) is 2.85. The van der Waals surface area contributed by atoms with Crippen LogP contribution in [0.5, 0.6) is 5.75 Å². The molecule has 1 N–H and O–H groups in total. The first-order valence-electron chi connectivity index (χ1n) is 5.28. The summed E-state index contributed by atoms with van der Waals surface area (Å²) in [7, 11) is 0. The predicted molar refractivity (Wildman–Crippen MR) is 66.0 cm³/mol. The lowest BCUT2D eigenvalue weighted by molar-refractivity contribution is -0.140. The van der Waals surface area contributed by atoms with Gasteiger partial charge in [-0.05, 0) is 24.6 Å². The Kier molecular flexibility index (Phi) is 3.00. The molecule has 1 fully saturated rings. The van der Waals surface area contributed by atoms with E-state index >= 15 is 0 Å². The number of hydrogen-bond acceptors (Lipinski definition) is 2. The van der Waals surface area contributed by atoms with Crippen molar-refractivity contribution in [2.75, 3.05) is 6.61 Å². The molecule has 0 saturated heterocycles. The minimum atomic E-state index is -1.22. The summed E-state index contributed by atoms with van der Waals surface area (Å²) in [6.07, 6.45) is 0.229. The monoisotopic (exact) mass is 274 g/mol. The Balaban J connectivity index is 2.31. The number of aliphatic carboxylic acids is 1. The first-order valence-corrected chi connectivity index (χ1v) is 6.04. The lowest BCUT2D eigenvalue weighted by atomic mass is 9.96. The zero-order valence-corrected chi connectivity index (χ0v) is 10.8. The van der Waals surface area contributed by atoms with Crippen LogP contribution in [0.4, 0.5) is 0 Å². The van der Waals surface area contributed by atoms with Gasteiger partial charge in [0.1, 0.15) is 15.5 Å². The SMILES string of the molecule is CCOc1ccc(C2(C(=O)O)CC2(Cl)Cl)cc1. The smallest absolute Gasteiger partial charge is 0.317 e. The molecule has 92 valence electrons. The molecular weight excluding hydrogens is 263 g/mol. The van der Waals surface area contributed by atoms with Crippen molar-refractivity contribution < 1.29 is 14.6 Å². The number of carbonyl (C=O) groups is 1. The third kappa shape index (κ3) is 1.87. The van der Waals surface area contributed by atoms with Crippen LogP contribution in [-0.4, -0.2) is 22.0 Å². The predicted octanol–water partition coefficient (Wildman–Crippen LogP) is 2.99. The van der Waals surface area contributed by atoms with Crippen molar-refractivity contribution in [2.24, 2.45) is 0 Å². The number of hydrogen-bond donors (Lipinski definition) is 1. The first-order chi connectivity index (χ1) is 7.94. The van der Waals surface area contributed by atoms with E-state index in [2.05, 4.69) is 0 Å². The van der Waals surface area contributed by atoms with Crippen LogP contribution in [0.3, 0.4) is 0 Å². The van der Waals surface area contributed by atoms with E-state index in [1.165, 1.54) is 0 Å². The molecule has 17 heavy (non-hydrogen) atoms. The fourth-order valence-corrected chi connectivity index (χ4v) is 2.74. The van der Waals surface area contributed by atoms with E-state index in [-0.39, 0.29) is 6.42 Å². The van der Waals surface area contributed by atoms with Gasteiger partial charge in [-0.25, -0.2) is 0 Å². The summed E-state index contributed by atoms with van der Waals surface area (Å²) in [6, 6.07) is 6.86. The first kappa shape index (κ1) is 12.5. The van der Waals surface area contributed by atoms with Crippen molar-refractivity contribution in [1.82, 2.24) is 0 Å². The van der Waals surface area contributed by atoms with Gasteiger partial charge in [0.25, 0.3) is 0 Å². The van der Waals surface area contributed by atoms with Gasteiger partial charge in [-0.3, -0.25) is 4.79 Å². The molecular formula is C12H12Cl2O3. The molecule has 0 heterocycles. The van der Waals surface area contributed by atoms with E-state index in [1.54, 1.807) is 24.3 Å². The van der Waals surface area contributed by atoms with Gasteiger partial charge >= 0.3 is 5.97 Å². The maximum absolute atomic E-state index is 11.3. The van der Waals surface area contributed by atoms with Gasteiger partial charge in [0.05, 0.1) is 6.61 Å². The molecule has 1 aromatic rings. The van der Waals surface area contributed by atoms with Gasteiger partial charge in [0.2, 0.25) is 0 Å². The number of carboxylic acids is 1. The highest BCUT2D eigenvalue weighted by molar-refractivity contribution is 6.54. The molecule has 1 unspecified atom stereocenters. The summed E-state index contributed by atoms with van der Waals surface area (Å²) in [5.41, 5.74) is -0.570. The van der Waals surface area contributed by atoms with Crippen molar-refractivity contribution in [3.8, 4) is 5.75 Å². The Morgan fingerprint density at radius 2 is 1.94 bits per heavy atom. The molecule has 1 saturated carbocycles. The van der Waals surface area contributed by atoms with Crippen molar-refractivity contribution in [3.05, 3.63) is 29.8 Å². The van der Waals surface area contributed by atoms with Crippen molar-refractivity contribution in [1.29, 1.82) is 0 Å². The van der Waals surface area contributed by atoms with Crippen LogP contribution >= 0.6 is 23.2 Å². The highest BCUT2D eigenvalue weighted by atomic mass is 35.5. The molecule has 0 aromatic heterocycles. The third-order valence-corrected chi connectivity index (χ3v) is 3.92. The summed E-state index contributed by atoms with van der Waals surface area (Å²) >= 11 is 11.9. The fourth-order valence-electron chi connectivity index (χ4n) is 1.96. The molecule has 0 aliphatic heterocycles. The summed E-state index contributed by atoms with van der Waals surface area (Å²) in [5.74, 6) is -0.293.